The van der Waals surface area contributed by atoms with Crippen molar-refractivity contribution >= 4 is 0 Å². The maximum absolute atomic E-state index is 10.3. The van der Waals surface area contributed by atoms with Crippen LogP contribution in [0.4, 0.5) is 0 Å². The zero-order chi connectivity index (χ0) is 13.5. The molecule has 0 aliphatic heterocycles. The van der Waals surface area contributed by atoms with Crippen LogP contribution in [0.2, 0.25) is 0 Å². The van der Waals surface area contributed by atoms with Crippen molar-refractivity contribution in [3.05, 3.63) is 23.8 Å². The van der Waals surface area contributed by atoms with E-state index in [1.54, 1.807) is 21.3 Å². The molecule has 0 saturated heterocycles. The second-order valence-electron chi connectivity index (χ2n) is 4.39. The first-order valence-corrected chi connectivity index (χ1v) is 6.01. The fraction of sp³-hybridized carbons (Fsp3) is 0.571. The van der Waals surface area contributed by atoms with E-state index in [9.17, 15) is 5.11 Å². The van der Waals surface area contributed by atoms with Crippen LogP contribution in [0.25, 0.3) is 0 Å². The number of hydrogen-bond acceptors (Lipinski definition) is 4. The van der Waals surface area contributed by atoms with Crippen molar-refractivity contribution < 1.29 is 19.3 Å². The lowest BCUT2D eigenvalue weighted by Gasteiger charge is -2.20. The van der Waals surface area contributed by atoms with E-state index in [4.69, 9.17) is 14.2 Å². The van der Waals surface area contributed by atoms with Crippen LogP contribution in [0.5, 0.6) is 11.5 Å². The first-order chi connectivity index (χ1) is 8.63. The first-order valence-electron chi connectivity index (χ1n) is 6.01. The fourth-order valence-electron chi connectivity index (χ4n) is 2.06. The Balaban J connectivity index is 2.92. The molecule has 0 bridgehead atoms. The smallest absolute Gasteiger partial charge is 0.128 e. The predicted molar refractivity (Wildman–Crippen MR) is 70.2 cm³/mol. The Morgan fingerprint density at radius 2 is 1.67 bits per heavy atom. The van der Waals surface area contributed by atoms with Gasteiger partial charge in [0.1, 0.15) is 11.5 Å². The van der Waals surface area contributed by atoms with Gasteiger partial charge in [0.05, 0.1) is 25.9 Å². The molecular weight excluding hydrogens is 232 g/mol. The van der Waals surface area contributed by atoms with Crippen LogP contribution in [0.3, 0.4) is 0 Å². The van der Waals surface area contributed by atoms with Gasteiger partial charge in [-0.25, -0.2) is 0 Å². The number of aliphatic hydroxyl groups is 1. The molecule has 0 fully saturated rings. The number of methoxy groups -OCH3 is 3. The average Bonchev–Trinajstić information content (AvgIpc) is 2.37. The monoisotopic (exact) mass is 254 g/mol. The van der Waals surface area contributed by atoms with Crippen molar-refractivity contribution in [1.82, 2.24) is 0 Å². The third-order valence-corrected chi connectivity index (χ3v) is 2.88. The summed E-state index contributed by atoms with van der Waals surface area (Å²) in [6, 6.07) is 5.48. The molecular formula is C14H22O4. The van der Waals surface area contributed by atoms with Crippen LogP contribution >= 0.6 is 0 Å². The van der Waals surface area contributed by atoms with Gasteiger partial charge < -0.3 is 19.3 Å². The summed E-state index contributed by atoms with van der Waals surface area (Å²) in [5.41, 5.74) is 0.699. The van der Waals surface area contributed by atoms with E-state index in [0.29, 0.717) is 30.1 Å². The maximum Gasteiger partial charge on any atom is 0.128 e. The molecule has 0 heterocycles. The summed E-state index contributed by atoms with van der Waals surface area (Å²) >= 11 is 0. The normalized spacial score (nSPS) is 14.1. The van der Waals surface area contributed by atoms with Gasteiger partial charge in [0.25, 0.3) is 0 Å². The third kappa shape index (κ3) is 3.62. The van der Waals surface area contributed by atoms with Crippen LogP contribution in [-0.2, 0) is 4.74 Å². The van der Waals surface area contributed by atoms with Gasteiger partial charge in [-0.1, -0.05) is 13.0 Å². The van der Waals surface area contributed by atoms with Crippen molar-refractivity contribution in [2.75, 3.05) is 27.9 Å². The minimum Gasteiger partial charge on any atom is -0.496 e. The Morgan fingerprint density at radius 1 is 1.11 bits per heavy atom. The van der Waals surface area contributed by atoms with Crippen LogP contribution in [0, 0.1) is 5.92 Å². The average molecular weight is 254 g/mol. The Hall–Kier alpha value is -1.26. The summed E-state index contributed by atoms with van der Waals surface area (Å²) in [4.78, 5) is 0. The van der Waals surface area contributed by atoms with E-state index in [1.165, 1.54) is 0 Å². The van der Waals surface area contributed by atoms with Crippen molar-refractivity contribution in [1.29, 1.82) is 0 Å². The molecule has 102 valence electrons. The van der Waals surface area contributed by atoms with E-state index < -0.39 is 6.10 Å². The summed E-state index contributed by atoms with van der Waals surface area (Å²) in [6.07, 6.45) is -0.0221. The lowest BCUT2D eigenvalue weighted by Crippen LogP contribution is -2.11. The summed E-state index contributed by atoms with van der Waals surface area (Å²) in [5, 5.41) is 10.3. The Labute approximate surface area is 108 Å². The number of benzene rings is 1. The molecule has 2 unspecified atom stereocenters. The van der Waals surface area contributed by atoms with Crippen molar-refractivity contribution in [2.24, 2.45) is 5.92 Å². The highest BCUT2D eigenvalue weighted by molar-refractivity contribution is 5.46. The Kier molecular flexibility index (Phi) is 5.95. The van der Waals surface area contributed by atoms with Crippen molar-refractivity contribution in [3.63, 3.8) is 0 Å². The van der Waals surface area contributed by atoms with Crippen LogP contribution < -0.4 is 9.47 Å². The van der Waals surface area contributed by atoms with Crippen molar-refractivity contribution in [3.8, 4) is 11.5 Å². The molecule has 0 aromatic heterocycles. The van der Waals surface area contributed by atoms with Crippen LogP contribution in [0.1, 0.15) is 25.0 Å². The van der Waals surface area contributed by atoms with Gasteiger partial charge in [0, 0.05) is 13.7 Å². The van der Waals surface area contributed by atoms with E-state index in [-0.39, 0.29) is 5.92 Å². The standard InChI is InChI=1S/C14H22O4/c1-10(9-16-2)8-11(15)14-12(17-3)6-5-7-13(14)18-4/h5-7,10-11,15H,8-9H2,1-4H3. The molecule has 0 amide bonds. The van der Waals surface area contributed by atoms with Gasteiger partial charge >= 0.3 is 0 Å². The van der Waals surface area contributed by atoms with Gasteiger partial charge in [-0.2, -0.15) is 0 Å². The minimum absolute atomic E-state index is 0.264. The predicted octanol–water partition coefficient (Wildman–Crippen LogP) is 2.41. The van der Waals surface area contributed by atoms with E-state index in [1.807, 2.05) is 25.1 Å². The summed E-state index contributed by atoms with van der Waals surface area (Å²) in [5.74, 6) is 1.55. The van der Waals surface area contributed by atoms with Gasteiger partial charge in [0.2, 0.25) is 0 Å². The van der Waals surface area contributed by atoms with E-state index in [0.717, 1.165) is 0 Å². The van der Waals surface area contributed by atoms with Gasteiger partial charge in [-0.05, 0) is 24.5 Å². The number of ether oxygens (including phenoxy) is 3. The molecule has 0 aliphatic rings. The van der Waals surface area contributed by atoms with Gasteiger partial charge in [0.15, 0.2) is 0 Å². The number of aliphatic hydroxyl groups excluding tert-OH is 1. The highest BCUT2D eigenvalue weighted by Gasteiger charge is 2.20. The first kappa shape index (κ1) is 14.8. The molecule has 18 heavy (non-hydrogen) atoms. The number of hydrogen-bond donors (Lipinski definition) is 1. The summed E-state index contributed by atoms with van der Waals surface area (Å²) in [7, 11) is 4.83. The number of rotatable bonds is 7. The minimum atomic E-state index is -0.624. The Bertz CT molecular complexity index is 343. The van der Waals surface area contributed by atoms with Crippen molar-refractivity contribution in [2.45, 2.75) is 19.4 Å². The molecule has 1 aromatic rings. The molecule has 2 atom stereocenters. The third-order valence-electron chi connectivity index (χ3n) is 2.88. The fourth-order valence-corrected chi connectivity index (χ4v) is 2.06. The SMILES string of the molecule is COCC(C)CC(O)c1c(OC)cccc1OC. The second-order valence-corrected chi connectivity index (χ2v) is 4.39. The van der Waals surface area contributed by atoms with E-state index in [2.05, 4.69) is 0 Å². The van der Waals surface area contributed by atoms with Gasteiger partial charge in [-0.3, -0.25) is 0 Å². The molecule has 4 nitrogen and oxygen atoms in total. The zero-order valence-corrected chi connectivity index (χ0v) is 11.5. The molecule has 0 spiro atoms. The lowest BCUT2D eigenvalue weighted by molar-refractivity contribution is 0.0985. The quantitative estimate of drug-likeness (QED) is 0.811. The van der Waals surface area contributed by atoms with E-state index >= 15 is 0 Å². The molecule has 4 heteroatoms. The molecule has 0 aliphatic carbocycles. The Morgan fingerprint density at radius 3 is 2.11 bits per heavy atom. The van der Waals surface area contributed by atoms with Gasteiger partial charge in [-0.15, -0.1) is 0 Å². The van der Waals surface area contributed by atoms with Crippen LogP contribution in [-0.4, -0.2) is 33.0 Å². The molecule has 1 rings (SSSR count). The molecule has 1 N–H and O–H groups in total. The second kappa shape index (κ2) is 7.24. The molecule has 0 saturated carbocycles. The zero-order valence-electron chi connectivity index (χ0n) is 11.5. The highest BCUT2D eigenvalue weighted by atomic mass is 16.5. The topological polar surface area (TPSA) is 47.9 Å². The largest absolute Gasteiger partial charge is 0.496 e. The summed E-state index contributed by atoms with van der Waals surface area (Å²) < 4.78 is 15.6. The molecule has 1 aromatic carbocycles. The molecule has 0 radical (unpaired) electrons. The van der Waals surface area contributed by atoms with Crippen LogP contribution in [0.15, 0.2) is 18.2 Å². The lowest BCUT2D eigenvalue weighted by atomic mass is 9.97. The maximum atomic E-state index is 10.3. The highest BCUT2D eigenvalue weighted by Crippen LogP contribution is 2.36. The summed E-state index contributed by atoms with van der Waals surface area (Å²) in [6.45, 7) is 2.66.